The molecule has 2 heterocycles. The molecular formula is C10H12BrN3O. The van der Waals surface area contributed by atoms with Crippen LogP contribution in [0.4, 0.5) is 0 Å². The summed E-state index contributed by atoms with van der Waals surface area (Å²) in [5, 5.41) is 6.07. The molecule has 1 aromatic heterocycles. The number of halogens is 1. The molecule has 1 amide bonds. The van der Waals surface area contributed by atoms with Crippen LogP contribution in [0.2, 0.25) is 0 Å². The van der Waals surface area contributed by atoms with Crippen LogP contribution in [0, 0.1) is 0 Å². The first-order chi connectivity index (χ1) is 7.24. The van der Waals surface area contributed by atoms with Crippen LogP contribution in [0.1, 0.15) is 12.1 Å². The lowest BCUT2D eigenvalue weighted by Crippen LogP contribution is -2.30. The summed E-state index contributed by atoms with van der Waals surface area (Å²) in [6.45, 7) is 1.41. The minimum atomic E-state index is 0.120. The fraction of sp³-hybridized carbons (Fsp3) is 0.400. The number of amides is 1. The van der Waals surface area contributed by atoms with Gasteiger partial charge in [-0.2, -0.15) is 0 Å². The summed E-state index contributed by atoms with van der Waals surface area (Å²) in [5.74, 6) is 0.120. The monoisotopic (exact) mass is 269 g/mol. The Morgan fingerprint density at radius 3 is 3.13 bits per heavy atom. The van der Waals surface area contributed by atoms with E-state index in [4.69, 9.17) is 0 Å². The van der Waals surface area contributed by atoms with Gasteiger partial charge in [0.1, 0.15) is 4.60 Å². The molecule has 4 nitrogen and oxygen atoms in total. The molecular weight excluding hydrogens is 258 g/mol. The summed E-state index contributed by atoms with van der Waals surface area (Å²) < 4.78 is 0.836. The van der Waals surface area contributed by atoms with Crippen molar-refractivity contribution in [3.63, 3.8) is 0 Å². The first-order valence-electron chi connectivity index (χ1n) is 4.85. The Kier molecular flexibility index (Phi) is 3.33. The Bertz CT molecular complexity index is 369. The van der Waals surface area contributed by atoms with Crippen LogP contribution < -0.4 is 10.6 Å². The predicted octanol–water partition coefficient (Wildman–Crippen LogP) is 0.822. The zero-order valence-electron chi connectivity index (χ0n) is 8.16. The van der Waals surface area contributed by atoms with E-state index in [0.29, 0.717) is 19.5 Å². The number of carbonyl (C=O) groups is 1. The molecule has 0 bridgehead atoms. The molecule has 0 saturated carbocycles. The average Bonchev–Trinajstić information content (AvgIpc) is 2.62. The van der Waals surface area contributed by atoms with Crippen molar-refractivity contribution < 1.29 is 4.79 Å². The third-order valence-corrected chi connectivity index (χ3v) is 2.76. The highest BCUT2D eigenvalue weighted by molar-refractivity contribution is 9.10. The van der Waals surface area contributed by atoms with Crippen molar-refractivity contribution in [3.05, 3.63) is 28.5 Å². The van der Waals surface area contributed by atoms with Crippen LogP contribution >= 0.6 is 15.9 Å². The Morgan fingerprint density at radius 2 is 2.47 bits per heavy atom. The van der Waals surface area contributed by atoms with Gasteiger partial charge in [0.2, 0.25) is 5.91 Å². The van der Waals surface area contributed by atoms with E-state index < -0.39 is 0 Å². The third-order valence-electron chi connectivity index (χ3n) is 2.32. The number of rotatable bonds is 3. The van der Waals surface area contributed by atoms with Crippen LogP contribution in [0.25, 0.3) is 0 Å². The molecule has 2 N–H and O–H groups in total. The number of nitrogens with one attached hydrogen (secondary N) is 2. The van der Waals surface area contributed by atoms with Gasteiger partial charge in [-0.1, -0.05) is 6.07 Å². The fourth-order valence-corrected chi connectivity index (χ4v) is 1.93. The van der Waals surface area contributed by atoms with Gasteiger partial charge in [0.15, 0.2) is 0 Å². The molecule has 1 saturated heterocycles. The molecule has 0 radical (unpaired) electrons. The smallest absolute Gasteiger partial charge is 0.221 e. The van der Waals surface area contributed by atoms with Gasteiger partial charge in [-0.15, -0.1) is 0 Å². The Hall–Kier alpha value is -0.940. The number of carbonyl (C=O) groups excluding carboxylic acids is 1. The van der Waals surface area contributed by atoms with Crippen molar-refractivity contribution in [2.45, 2.75) is 19.0 Å². The number of nitrogens with zero attached hydrogens (tertiary/aromatic N) is 1. The number of pyridine rings is 1. The van der Waals surface area contributed by atoms with E-state index in [0.717, 1.165) is 10.3 Å². The quantitative estimate of drug-likeness (QED) is 0.800. The summed E-state index contributed by atoms with van der Waals surface area (Å²) in [6.07, 6.45) is 0.563. The van der Waals surface area contributed by atoms with E-state index in [2.05, 4.69) is 31.5 Å². The maximum Gasteiger partial charge on any atom is 0.221 e. The normalized spacial score (nSPS) is 20.3. The minimum absolute atomic E-state index is 0.120. The Balaban J connectivity index is 1.85. The second-order valence-corrected chi connectivity index (χ2v) is 4.35. The second-order valence-electron chi connectivity index (χ2n) is 3.54. The van der Waals surface area contributed by atoms with Gasteiger partial charge in [0, 0.05) is 25.6 Å². The Morgan fingerprint density at radius 1 is 1.60 bits per heavy atom. The summed E-state index contributed by atoms with van der Waals surface area (Å²) in [4.78, 5) is 15.2. The number of hydrogen-bond donors (Lipinski definition) is 2. The molecule has 2 rings (SSSR count). The standard InChI is InChI=1S/C10H12BrN3O/c11-9-3-1-2-7(14-9)5-12-8-4-10(15)13-6-8/h1-3,8,12H,4-6H2,(H,13,15). The molecule has 1 atom stereocenters. The maximum atomic E-state index is 10.9. The number of hydrogen-bond acceptors (Lipinski definition) is 3. The van der Waals surface area contributed by atoms with Gasteiger partial charge < -0.3 is 10.6 Å². The largest absolute Gasteiger partial charge is 0.354 e. The van der Waals surface area contributed by atoms with E-state index in [1.807, 2.05) is 18.2 Å². The van der Waals surface area contributed by atoms with E-state index in [1.165, 1.54) is 0 Å². The molecule has 0 spiro atoms. The molecule has 1 fully saturated rings. The van der Waals surface area contributed by atoms with Crippen LogP contribution in [0.5, 0.6) is 0 Å². The topological polar surface area (TPSA) is 54.0 Å². The SMILES string of the molecule is O=C1CC(NCc2cccc(Br)n2)CN1. The van der Waals surface area contributed by atoms with E-state index >= 15 is 0 Å². The van der Waals surface area contributed by atoms with Crippen molar-refractivity contribution in [2.75, 3.05) is 6.54 Å². The number of aromatic nitrogens is 1. The summed E-state index contributed by atoms with van der Waals surface area (Å²) in [6, 6.07) is 6.04. The second kappa shape index (κ2) is 4.72. The van der Waals surface area contributed by atoms with Crippen molar-refractivity contribution >= 4 is 21.8 Å². The fourth-order valence-electron chi connectivity index (χ4n) is 1.55. The highest BCUT2D eigenvalue weighted by Crippen LogP contribution is 2.07. The molecule has 0 aliphatic carbocycles. The molecule has 5 heteroatoms. The van der Waals surface area contributed by atoms with Crippen LogP contribution in [-0.4, -0.2) is 23.5 Å². The lowest BCUT2D eigenvalue weighted by Gasteiger charge is -2.09. The van der Waals surface area contributed by atoms with E-state index in [1.54, 1.807) is 0 Å². The molecule has 1 aliphatic rings. The van der Waals surface area contributed by atoms with Gasteiger partial charge >= 0.3 is 0 Å². The molecule has 1 unspecified atom stereocenters. The highest BCUT2D eigenvalue weighted by atomic mass is 79.9. The highest BCUT2D eigenvalue weighted by Gasteiger charge is 2.20. The van der Waals surface area contributed by atoms with Crippen LogP contribution in [0.3, 0.4) is 0 Å². The van der Waals surface area contributed by atoms with Crippen molar-refractivity contribution in [1.82, 2.24) is 15.6 Å². The third kappa shape index (κ3) is 3.00. The van der Waals surface area contributed by atoms with Gasteiger partial charge in [0.25, 0.3) is 0 Å². The predicted molar refractivity (Wildman–Crippen MR) is 60.2 cm³/mol. The van der Waals surface area contributed by atoms with Crippen molar-refractivity contribution in [3.8, 4) is 0 Å². The molecule has 1 aliphatic heterocycles. The Labute approximate surface area is 96.6 Å². The van der Waals surface area contributed by atoms with Crippen LogP contribution in [0.15, 0.2) is 22.8 Å². The summed E-state index contributed by atoms with van der Waals surface area (Å²) >= 11 is 3.32. The molecule has 1 aromatic rings. The average molecular weight is 270 g/mol. The molecule has 15 heavy (non-hydrogen) atoms. The van der Waals surface area contributed by atoms with E-state index in [-0.39, 0.29) is 11.9 Å². The van der Waals surface area contributed by atoms with Gasteiger partial charge in [-0.25, -0.2) is 4.98 Å². The van der Waals surface area contributed by atoms with E-state index in [9.17, 15) is 4.79 Å². The lowest BCUT2D eigenvalue weighted by molar-refractivity contribution is -0.119. The first kappa shape index (κ1) is 10.6. The molecule has 80 valence electrons. The lowest BCUT2D eigenvalue weighted by atomic mass is 10.2. The zero-order chi connectivity index (χ0) is 10.7. The molecule has 0 aromatic carbocycles. The first-order valence-corrected chi connectivity index (χ1v) is 5.65. The zero-order valence-corrected chi connectivity index (χ0v) is 9.75. The van der Waals surface area contributed by atoms with Crippen molar-refractivity contribution in [1.29, 1.82) is 0 Å². The maximum absolute atomic E-state index is 10.9. The van der Waals surface area contributed by atoms with Gasteiger partial charge in [-0.3, -0.25) is 4.79 Å². The van der Waals surface area contributed by atoms with Gasteiger partial charge in [0.05, 0.1) is 5.69 Å². The summed E-state index contributed by atoms with van der Waals surface area (Å²) in [7, 11) is 0. The minimum Gasteiger partial charge on any atom is -0.354 e. The van der Waals surface area contributed by atoms with Crippen molar-refractivity contribution in [2.24, 2.45) is 0 Å². The van der Waals surface area contributed by atoms with Crippen LogP contribution in [-0.2, 0) is 11.3 Å². The van der Waals surface area contributed by atoms with Gasteiger partial charge in [-0.05, 0) is 28.1 Å². The summed E-state index contributed by atoms with van der Waals surface area (Å²) in [5.41, 5.74) is 0.976.